The number of piperazine rings is 1. The van der Waals surface area contributed by atoms with Gasteiger partial charge in [-0.05, 0) is 60.5 Å². The van der Waals surface area contributed by atoms with Gasteiger partial charge in [0.15, 0.2) is 0 Å². The minimum Gasteiger partial charge on any atom is -0.492 e. The van der Waals surface area contributed by atoms with E-state index < -0.39 is 57.8 Å². The first-order valence-electron chi connectivity index (χ1n) is 24.1. The van der Waals surface area contributed by atoms with Gasteiger partial charge >= 0.3 is 6.18 Å². The lowest BCUT2D eigenvalue weighted by atomic mass is 9.49. The number of amides is 3. The minimum absolute atomic E-state index is 0.00616. The summed E-state index contributed by atoms with van der Waals surface area (Å²) in [4.78, 5) is 52.8. The molecule has 0 bridgehead atoms. The molecule has 4 aliphatic rings. The topological polar surface area (TPSA) is 172 Å². The summed E-state index contributed by atoms with van der Waals surface area (Å²) in [5.74, 6) is -0.141. The fourth-order valence-electron chi connectivity index (χ4n) is 11.0. The van der Waals surface area contributed by atoms with Gasteiger partial charge in [0, 0.05) is 92.3 Å². The Labute approximate surface area is 417 Å². The van der Waals surface area contributed by atoms with Crippen LogP contribution in [-0.2, 0) is 22.3 Å². The zero-order valence-corrected chi connectivity index (χ0v) is 42.0. The monoisotopic (exact) mass is 996 g/mol. The molecule has 1 aromatic heterocycles. The van der Waals surface area contributed by atoms with Crippen molar-refractivity contribution < 1.29 is 42.1 Å². The summed E-state index contributed by atoms with van der Waals surface area (Å²) < 4.78 is 53.0. The maximum Gasteiger partial charge on any atom is 0.417 e. The number of alkyl halides is 3. The molecule has 71 heavy (non-hydrogen) atoms. The summed E-state index contributed by atoms with van der Waals surface area (Å²) >= 11 is 1.59. The largest absolute Gasteiger partial charge is 0.492 e. The SMILES string of the molecule is Cc1ncsc1-c1ccc(CNC(=O)[C@@H]2C[C@@H](O)CN2C(=O)[C@H]2NC(CN3CCN(CCOc4ccc(C(=O)NC5C(C)(C)C(Oc6ccc(C#N)c(C(F)(F)F)c6)C5(C)C)cc4)CC3)=CC2(C)C)cc1. The summed E-state index contributed by atoms with van der Waals surface area (Å²) in [6.07, 6.45) is -3.72. The maximum atomic E-state index is 14.2. The highest BCUT2D eigenvalue weighted by Gasteiger charge is 2.64. The van der Waals surface area contributed by atoms with Crippen LogP contribution in [0.25, 0.3) is 10.4 Å². The Bertz CT molecular complexity index is 2660. The number of nitrogens with zero attached hydrogens (tertiary/aromatic N) is 5. The molecule has 18 heteroatoms. The molecule has 3 aromatic carbocycles. The number of nitrogens with one attached hydrogen (secondary N) is 3. The third kappa shape index (κ3) is 11.1. The zero-order chi connectivity index (χ0) is 51.0. The van der Waals surface area contributed by atoms with Crippen molar-refractivity contribution in [3.63, 3.8) is 0 Å². The predicted molar refractivity (Wildman–Crippen MR) is 263 cm³/mol. The van der Waals surface area contributed by atoms with Crippen molar-refractivity contribution in [1.82, 2.24) is 35.6 Å². The molecule has 4 heterocycles. The first-order valence-corrected chi connectivity index (χ1v) is 24.9. The van der Waals surface area contributed by atoms with Crippen LogP contribution in [0.5, 0.6) is 11.5 Å². The number of aromatic nitrogens is 1. The molecule has 2 saturated heterocycles. The van der Waals surface area contributed by atoms with Crippen molar-refractivity contribution in [2.45, 2.75) is 97.9 Å². The molecule has 0 spiro atoms. The van der Waals surface area contributed by atoms with Crippen molar-refractivity contribution >= 4 is 29.1 Å². The third-order valence-electron chi connectivity index (χ3n) is 14.6. The highest BCUT2D eigenvalue weighted by molar-refractivity contribution is 7.13. The van der Waals surface area contributed by atoms with Gasteiger partial charge in [-0.15, -0.1) is 11.3 Å². The van der Waals surface area contributed by atoms with Crippen molar-refractivity contribution in [3.8, 4) is 28.0 Å². The molecular formula is C53H63F3N8O6S. The van der Waals surface area contributed by atoms with Crippen LogP contribution in [0.4, 0.5) is 13.2 Å². The molecule has 378 valence electrons. The predicted octanol–water partition coefficient (Wildman–Crippen LogP) is 6.78. The fraction of sp³-hybridized carbons (Fsp3) is 0.491. The number of aliphatic hydroxyl groups is 1. The van der Waals surface area contributed by atoms with Crippen LogP contribution in [0.2, 0.25) is 0 Å². The molecule has 0 unspecified atom stereocenters. The van der Waals surface area contributed by atoms with Crippen LogP contribution in [0.3, 0.4) is 0 Å². The summed E-state index contributed by atoms with van der Waals surface area (Å²) in [5, 5.41) is 29.4. The van der Waals surface area contributed by atoms with E-state index in [1.807, 2.05) is 78.2 Å². The van der Waals surface area contributed by atoms with E-state index in [0.29, 0.717) is 37.6 Å². The average Bonchev–Trinajstić information content (AvgIpc) is 4.04. The number of halogens is 3. The van der Waals surface area contributed by atoms with Crippen LogP contribution < -0.4 is 25.4 Å². The molecule has 1 saturated carbocycles. The molecule has 0 radical (unpaired) electrons. The molecular weight excluding hydrogens is 934 g/mol. The van der Waals surface area contributed by atoms with E-state index in [2.05, 4.69) is 36.8 Å². The van der Waals surface area contributed by atoms with Gasteiger partial charge in [0.2, 0.25) is 11.8 Å². The molecule has 8 rings (SSSR count). The van der Waals surface area contributed by atoms with Gasteiger partial charge in [0.1, 0.15) is 36.3 Å². The minimum atomic E-state index is -4.71. The van der Waals surface area contributed by atoms with Gasteiger partial charge in [0.25, 0.3) is 5.91 Å². The second-order valence-corrected chi connectivity index (χ2v) is 21.9. The fourth-order valence-corrected chi connectivity index (χ4v) is 11.8. The van der Waals surface area contributed by atoms with E-state index in [0.717, 1.165) is 65.7 Å². The van der Waals surface area contributed by atoms with Gasteiger partial charge < -0.3 is 35.4 Å². The molecule has 14 nitrogen and oxygen atoms in total. The van der Waals surface area contributed by atoms with Crippen LogP contribution >= 0.6 is 11.3 Å². The Balaban J connectivity index is 0.753. The molecule has 4 aromatic rings. The quantitative estimate of drug-likeness (QED) is 0.0990. The Hall–Kier alpha value is -6.00. The molecule has 3 aliphatic heterocycles. The smallest absolute Gasteiger partial charge is 0.417 e. The Morgan fingerprint density at radius 1 is 0.944 bits per heavy atom. The number of rotatable bonds is 15. The van der Waals surface area contributed by atoms with E-state index >= 15 is 0 Å². The normalized spacial score (nSPS) is 23.7. The lowest BCUT2D eigenvalue weighted by Gasteiger charge is -2.63. The number of nitriles is 1. The third-order valence-corrected chi connectivity index (χ3v) is 15.6. The number of thiazole rings is 1. The summed E-state index contributed by atoms with van der Waals surface area (Å²) in [6.45, 7) is 19.2. The number of aryl methyl sites for hydroxylation is 1. The molecule has 4 N–H and O–H groups in total. The lowest BCUT2D eigenvalue weighted by Crippen LogP contribution is -2.74. The number of aliphatic hydroxyl groups excluding tert-OH is 1. The number of likely N-dealkylation sites (tertiary alicyclic amines) is 1. The van der Waals surface area contributed by atoms with Crippen molar-refractivity contribution in [2.24, 2.45) is 16.2 Å². The number of carbonyl (C=O) groups is 3. The van der Waals surface area contributed by atoms with Crippen molar-refractivity contribution in [1.29, 1.82) is 5.26 Å². The number of hydrogen-bond acceptors (Lipinski definition) is 12. The standard InChI is InChI=1S/C53H63F3N8O6S/c1-32-43(71-31-59-32)34-10-8-33(9-11-34)28-58-46(67)42-24-38(65)30-64(42)47(68)44-50(2,3)26-37(60-44)29-63-20-18-62(19-21-63)22-23-69-39-15-12-35(13-16-39)45(66)61-48-51(4,5)49(52(48,6)7)70-40-17-14-36(27-57)41(25-40)53(54,55)56/h8-17,25-26,31,38,42,44,48-49,60,65H,18-24,28-30H2,1-7H3,(H,58,67)(H,61,66)/t38-,42+,44-,48?,49?/m1/s1. The van der Waals surface area contributed by atoms with Crippen molar-refractivity contribution in [3.05, 3.63) is 112 Å². The average molecular weight is 997 g/mol. The van der Waals surface area contributed by atoms with E-state index in [9.17, 15) is 37.9 Å². The van der Waals surface area contributed by atoms with E-state index in [4.69, 9.17) is 9.47 Å². The van der Waals surface area contributed by atoms with E-state index in [-0.39, 0.29) is 42.5 Å². The second kappa shape index (κ2) is 20.2. The number of benzene rings is 3. The van der Waals surface area contributed by atoms with Gasteiger partial charge in [0.05, 0.1) is 39.4 Å². The van der Waals surface area contributed by atoms with E-state index in [1.54, 1.807) is 41.7 Å². The highest BCUT2D eigenvalue weighted by atomic mass is 32.1. The molecule has 1 aliphatic carbocycles. The number of carbonyl (C=O) groups excluding carboxylic acids is 3. The summed E-state index contributed by atoms with van der Waals surface area (Å²) in [6, 6.07) is 18.1. The molecule has 3 fully saturated rings. The van der Waals surface area contributed by atoms with Crippen molar-refractivity contribution in [2.75, 3.05) is 52.4 Å². The first-order chi connectivity index (χ1) is 33.5. The summed E-state index contributed by atoms with van der Waals surface area (Å²) in [5.41, 5.74) is 2.90. The second-order valence-electron chi connectivity index (χ2n) is 21.0. The van der Waals surface area contributed by atoms with E-state index in [1.165, 1.54) is 11.0 Å². The van der Waals surface area contributed by atoms with Gasteiger partial charge in [-0.1, -0.05) is 71.9 Å². The Kier molecular flexibility index (Phi) is 14.6. The van der Waals surface area contributed by atoms with Gasteiger partial charge in [-0.3, -0.25) is 24.2 Å². The zero-order valence-electron chi connectivity index (χ0n) is 41.2. The van der Waals surface area contributed by atoms with Crippen LogP contribution in [0, 0.1) is 34.5 Å². The molecule has 3 amide bonds. The maximum absolute atomic E-state index is 14.2. The van der Waals surface area contributed by atoms with Gasteiger partial charge in [-0.2, -0.15) is 18.4 Å². The number of ether oxygens (including phenoxy) is 2. The first kappa shape index (κ1) is 51.4. The highest BCUT2D eigenvalue weighted by Crippen LogP contribution is 2.56. The Morgan fingerprint density at radius 3 is 2.24 bits per heavy atom. The van der Waals surface area contributed by atoms with Gasteiger partial charge in [-0.25, -0.2) is 4.98 Å². The molecule has 3 atom stereocenters. The van der Waals surface area contributed by atoms with Crippen LogP contribution in [-0.4, -0.2) is 125 Å². The number of β-amino-alcohol motifs (C(OH)–C–C–N with tert-alkyl or cyclic N) is 1. The summed E-state index contributed by atoms with van der Waals surface area (Å²) in [7, 11) is 0. The van der Waals surface area contributed by atoms with Crippen LogP contribution in [0.1, 0.15) is 80.7 Å². The Morgan fingerprint density at radius 2 is 1.61 bits per heavy atom. The van der Waals surface area contributed by atoms with Crippen LogP contribution in [0.15, 0.2) is 84.0 Å². The number of hydrogen-bond donors (Lipinski definition) is 4. The lowest BCUT2D eigenvalue weighted by molar-refractivity contribution is -0.164.